The number of hydrogen-bond donors (Lipinski definition) is 2. The van der Waals surface area contributed by atoms with Crippen molar-refractivity contribution < 1.29 is 29.2 Å². The number of phenols is 2. The van der Waals surface area contributed by atoms with E-state index in [0.717, 1.165) is 11.1 Å². The van der Waals surface area contributed by atoms with Crippen LogP contribution in [0.5, 0.6) is 34.5 Å². The first kappa shape index (κ1) is 13.9. The molecule has 2 aromatic rings. The summed E-state index contributed by atoms with van der Waals surface area (Å²) in [5.41, 5.74) is 1.60. The maximum absolute atomic E-state index is 10.3. The fourth-order valence-corrected chi connectivity index (χ4v) is 3.26. The second-order valence-corrected chi connectivity index (χ2v) is 5.53. The Kier molecular flexibility index (Phi) is 2.94. The monoisotopic (exact) mass is 316 g/mol. The van der Waals surface area contributed by atoms with E-state index < -0.39 is 0 Å². The normalized spacial score (nSPS) is 20.6. The summed E-state index contributed by atoms with van der Waals surface area (Å²) in [6, 6.07) is 7.06. The van der Waals surface area contributed by atoms with E-state index in [-0.39, 0.29) is 23.5 Å². The third-order valence-corrected chi connectivity index (χ3v) is 4.41. The van der Waals surface area contributed by atoms with Crippen molar-refractivity contribution in [3.8, 4) is 34.5 Å². The van der Waals surface area contributed by atoms with Crippen LogP contribution in [0.4, 0.5) is 0 Å². The SMILES string of the molecule is COc1ccc2c(c1O)OC1c3ccc(OC)c(O)c3OCC21. The lowest BCUT2D eigenvalue weighted by Crippen LogP contribution is -2.23. The average Bonchev–Trinajstić information content (AvgIpc) is 2.95. The van der Waals surface area contributed by atoms with E-state index >= 15 is 0 Å². The molecule has 0 fully saturated rings. The van der Waals surface area contributed by atoms with Gasteiger partial charge in [0.15, 0.2) is 23.0 Å². The number of benzene rings is 2. The van der Waals surface area contributed by atoms with Crippen molar-refractivity contribution in [1.29, 1.82) is 0 Å². The van der Waals surface area contributed by atoms with Gasteiger partial charge in [-0.1, -0.05) is 6.07 Å². The third-order valence-electron chi connectivity index (χ3n) is 4.41. The molecule has 0 saturated heterocycles. The number of fused-ring (bicyclic) bond motifs is 5. The van der Waals surface area contributed by atoms with Gasteiger partial charge in [-0.3, -0.25) is 0 Å². The van der Waals surface area contributed by atoms with E-state index in [1.165, 1.54) is 14.2 Å². The molecule has 23 heavy (non-hydrogen) atoms. The zero-order chi connectivity index (χ0) is 16.1. The van der Waals surface area contributed by atoms with E-state index in [9.17, 15) is 10.2 Å². The molecule has 2 atom stereocenters. The predicted octanol–water partition coefficient (Wildman–Crippen LogP) is 2.72. The zero-order valence-corrected chi connectivity index (χ0v) is 12.7. The summed E-state index contributed by atoms with van der Waals surface area (Å²) in [7, 11) is 2.98. The van der Waals surface area contributed by atoms with E-state index in [1.54, 1.807) is 12.1 Å². The molecule has 0 saturated carbocycles. The van der Waals surface area contributed by atoms with Gasteiger partial charge in [0.2, 0.25) is 11.5 Å². The minimum absolute atomic E-state index is 0.0151. The molecule has 2 aromatic carbocycles. The van der Waals surface area contributed by atoms with Crippen LogP contribution in [0.25, 0.3) is 0 Å². The second-order valence-electron chi connectivity index (χ2n) is 5.53. The van der Waals surface area contributed by atoms with Crippen LogP contribution in [0, 0.1) is 0 Å². The maximum Gasteiger partial charge on any atom is 0.201 e. The van der Waals surface area contributed by atoms with Crippen LogP contribution < -0.4 is 18.9 Å². The van der Waals surface area contributed by atoms with Crippen LogP contribution in [0.1, 0.15) is 23.1 Å². The van der Waals surface area contributed by atoms with E-state index in [4.69, 9.17) is 18.9 Å². The van der Waals surface area contributed by atoms with E-state index in [0.29, 0.717) is 29.6 Å². The molecule has 0 aliphatic carbocycles. The first-order valence-corrected chi connectivity index (χ1v) is 7.24. The number of aromatic hydroxyl groups is 2. The highest BCUT2D eigenvalue weighted by molar-refractivity contribution is 5.62. The minimum atomic E-state index is -0.330. The van der Waals surface area contributed by atoms with Gasteiger partial charge in [0, 0.05) is 11.1 Å². The fraction of sp³-hybridized carbons (Fsp3) is 0.294. The Morgan fingerprint density at radius 2 is 1.52 bits per heavy atom. The Morgan fingerprint density at radius 3 is 2.17 bits per heavy atom. The molecule has 6 nitrogen and oxygen atoms in total. The Bertz CT molecular complexity index is 785. The van der Waals surface area contributed by atoms with Crippen LogP contribution >= 0.6 is 0 Å². The summed E-state index contributed by atoms with van der Waals surface area (Å²) in [4.78, 5) is 0. The molecule has 4 rings (SSSR count). The van der Waals surface area contributed by atoms with Crippen molar-refractivity contribution in [2.75, 3.05) is 20.8 Å². The van der Waals surface area contributed by atoms with Crippen LogP contribution in [-0.2, 0) is 0 Å². The molecule has 2 aliphatic rings. The molecule has 120 valence electrons. The molecule has 2 unspecified atom stereocenters. The topological polar surface area (TPSA) is 77.4 Å². The van der Waals surface area contributed by atoms with E-state index in [2.05, 4.69) is 0 Å². The predicted molar refractivity (Wildman–Crippen MR) is 80.9 cm³/mol. The average molecular weight is 316 g/mol. The smallest absolute Gasteiger partial charge is 0.201 e. The van der Waals surface area contributed by atoms with Crippen molar-refractivity contribution in [2.45, 2.75) is 12.0 Å². The largest absolute Gasteiger partial charge is 0.502 e. The van der Waals surface area contributed by atoms with Crippen molar-refractivity contribution in [3.05, 3.63) is 35.4 Å². The summed E-state index contributed by atoms with van der Waals surface area (Å²) in [6.45, 7) is 0.344. The first-order valence-electron chi connectivity index (χ1n) is 7.24. The van der Waals surface area contributed by atoms with Crippen molar-refractivity contribution >= 4 is 0 Å². The van der Waals surface area contributed by atoms with Crippen LogP contribution in [-0.4, -0.2) is 31.0 Å². The summed E-state index contributed by atoms with van der Waals surface area (Å²) >= 11 is 0. The number of hydrogen-bond acceptors (Lipinski definition) is 6. The molecule has 6 heteroatoms. The van der Waals surface area contributed by atoms with Gasteiger partial charge in [-0.15, -0.1) is 0 Å². The number of ether oxygens (including phenoxy) is 4. The highest BCUT2D eigenvalue weighted by Gasteiger charge is 2.43. The summed E-state index contributed by atoms with van der Waals surface area (Å²) in [6.07, 6.45) is -0.330. The lowest BCUT2D eigenvalue weighted by Gasteiger charge is -2.28. The summed E-state index contributed by atoms with van der Waals surface area (Å²) < 4.78 is 21.9. The number of methoxy groups -OCH3 is 2. The molecule has 0 radical (unpaired) electrons. The maximum atomic E-state index is 10.3. The van der Waals surface area contributed by atoms with Gasteiger partial charge >= 0.3 is 0 Å². The molecule has 2 heterocycles. The Balaban J connectivity index is 1.81. The van der Waals surface area contributed by atoms with Gasteiger partial charge in [-0.25, -0.2) is 0 Å². The Labute approximate surface area is 132 Å². The lowest BCUT2D eigenvalue weighted by atomic mass is 9.89. The lowest BCUT2D eigenvalue weighted by molar-refractivity contribution is 0.133. The molecule has 0 amide bonds. The van der Waals surface area contributed by atoms with Crippen LogP contribution in [0.2, 0.25) is 0 Å². The molecule has 0 bridgehead atoms. The summed E-state index contributed by atoms with van der Waals surface area (Å²) in [5.74, 6) is 1.38. The highest BCUT2D eigenvalue weighted by atomic mass is 16.5. The number of phenolic OH excluding ortho intramolecular Hbond substituents is 2. The van der Waals surface area contributed by atoms with Crippen molar-refractivity contribution in [1.82, 2.24) is 0 Å². The van der Waals surface area contributed by atoms with Gasteiger partial charge in [0.05, 0.1) is 26.7 Å². The quantitative estimate of drug-likeness (QED) is 0.887. The van der Waals surface area contributed by atoms with Gasteiger partial charge < -0.3 is 29.2 Å². The molecular weight excluding hydrogens is 300 g/mol. The highest BCUT2D eigenvalue weighted by Crippen LogP contribution is 2.57. The third kappa shape index (κ3) is 1.81. The first-order chi connectivity index (χ1) is 11.2. The van der Waals surface area contributed by atoms with Gasteiger partial charge in [-0.2, -0.15) is 0 Å². The fourth-order valence-electron chi connectivity index (χ4n) is 3.26. The molecule has 0 aromatic heterocycles. The van der Waals surface area contributed by atoms with Crippen molar-refractivity contribution in [2.24, 2.45) is 0 Å². The minimum Gasteiger partial charge on any atom is -0.502 e. The summed E-state index contributed by atoms with van der Waals surface area (Å²) in [5, 5.41) is 20.5. The van der Waals surface area contributed by atoms with Crippen LogP contribution in [0.15, 0.2) is 24.3 Å². The van der Waals surface area contributed by atoms with E-state index in [1.807, 2.05) is 12.1 Å². The standard InChI is InChI=1S/C17H16O6/c1-20-11-6-4-9-15-10(7-22-16(9)13(11)18)8-3-5-12(21-2)14(19)17(8)23-15/h3-6,10,15,18-19H,7H2,1-2H3. The van der Waals surface area contributed by atoms with Crippen LogP contribution in [0.3, 0.4) is 0 Å². The zero-order valence-electron chi connectivity index (χ0n) is 12.7. The Morgan fingerprint density at radius 1 is 0.913 bits per heavy atom. The van der Waals surface area contributed by atoms with Gasteiger partial charge in [-0.05, 0) is 18.2 Å². The molecule has 2 N–H and O–H groups in total. The molecule has 2 aliphatic heterocycles. The van der Waals surface area contributed by atoms with Gasteiger partial charge in [0.1, 0.15) is 6.10 Å². The van der Waals surface area contributed by atoms with Gasteiger partial charge in [0.25, 0.3) is 0 Å². The molecular formula is C17H16O6. The molecule has 0 spiro atoms. The number of rotatable bonds is 2. The second kappa shape index (κ2) is 4.87. The van der Waals surface area contributed by atoms with Crippen molar-refractivity contribution in [3.63, 3.8) is 0 Å². The Hall–Kier alpha value is -2.76.